The first-order valence-electron chi connectivity index (χ1n) is 6.20. The molecule has 0 bridgehead atoms. The Kier molecular flexibility index (Phi) is 2.81. The van der Waals surface area contributed by atoms with E-state index in [2.05, 4.69) is 0 Å². The van der Waals surface area contributed by atoms with Crippen LogP contribution in [0.3, 0.4) is 0 Å². The molecule has 0 heterocycles. The summed E-state index contributed by atoms with van der Waals surface area (Å²) in [6.45, 7) is 1.83. The van der Waals surface area contributed by atoms with Crippen LogP contribution >= 0.6 is 0 Å². The third-order valence-corrected chi connectivity index (χ3v) is 4.45. The van der Waals surface area contributed by atoms with Crippen molar-refractivity contribution < 1.29 is 14.3 Å². The molecule has 0 amide bonds. The zero-order valence-corrected chi connectivity index (χ0v) is 10.2. The predicted molar refractivity (Wildman–Crippen MR) is 59.9 cm³/mol. The summed E-state index contributed by atoms with van der Waals surface area (Å²) in [6, 6.07) is 0. The third-order valence-electron chi connectivity index (χ3n) is 4.45. The van der Waals surface area contributed by atoms with E-state index in [0.29, 0.717) is 11.8 Å². The van der Waals surface area contributed by atoms with E-state index in [4.69, 9.17) is 4.74 Å². The van der Waals surface area contributed by atoms with E-state index in [9.17, 15) is 9.59 Å². The van der Waals surface area contributed by atoms with Gasteiger partial charge in [0.25, 0.3) is 0 Å². The summed E-state index contributed by atoms with van der Waals surface area (Å²) in [5.41, 5.74) is -0.493. The van der Waals surface area contributed by atoms with Gasteiger partial charge in [0.05, 0.1) is 7.11 Å². The largest absolute Gasteiger partial charge is 0.468 e. The van der Waals surface area contributed by atoms with Crippen molar-refractivity contribution in [3.8, 4) is 0 Å². The zero-order valence-electron chi connectivity index (χ0n) is 10.2. The van der Waals surface area contributed by atoms with E-state index in [1.54, 1.807) is 0 Å². The molecule has 90 valence electrons. The molecule has 0 radical (unpaired) electrons. The van der Waals surface area contributed by atoms with Crippen molar-refractivity contribution in [2.24, 2.45) is 10.8 Å². The van der Waals surface area contributed by atoms with Gasteiger partial charge in [-0.25, -0.2) is 0 Å². The Hall–Kier alpha value is -0.860. The van der Waals surface area contributed by atoms with Gasteiger partial charge < -0.3 is 4.74 Å². The van der Waals surface area contributed by atoms with Crippen LogP contribution in [0, 0.1) is 10.8 Å². The topological polar surface area (TPSA) is 43.4 Å². The normalized spacial score (nSPS) is 25.1. The predicted octanol–water partition coefficient (Wildman–Crippen LogP) is 2.48. The Labute approximate surface area is 96.5 Å². The Morgan fingerprint density at radius 1 is 1.19 bits per heavy atom. The second-order valence-electron chi connectivity index (χ2n) is 5.41. The smallest absolute Gasteiger partial charge is 0.319 e. The van der Waals surface area contributed by atoms with Crippen molar-refractivity contribution in [3.63, 3.8) is 0 Å². The molecule has 0 aromatic carbocycles. The average Bonchev–Trinajstić information content (AvgIpc) is 2.73. The fraction of sp³-hybridized carbons (Fsp3) is 0.846. The maximum Gasteiger partial charge on any atom is 0.319 e. The molecule has 16 heavy (non-hydrogen) atoms. The van der Waals surface area contributed by atoms with E-state index in [1.807, 2.05) is 6.92 Å². The van der Waals surface area contributed by atoms with Crippen LogP contribution < -0.4 is 0 Å². The Morgan fingerprint density at radius 2 is 1.75 bits per heavy atom. The number of rotatable bonds is 3. The van der Waals surface area contributed by atoms with Crippen LogP contribution in [0.25, 0.3) is 0 Å². The lowest BCUT2D eigenvalue weighted by Crippen LogP contribution is -2.55. The molecule has 0 unspecified atom stereocenters. The van der Waals surface area contributed by atoms with Gasteiger partial charge in [-0.15, -0.1) is 0 Å². The first kappa shape index (κ1) is 11.6. The second-order valence-corrected chi connectivity index (χ2v) is 5.41. The van der Waals surface area contributed by atoms with Gasteiger partial charge in [-0.05, 0) is 31.1 Å². The number of carbonyl (C=O) groups excluding carboxylic acids is 2. The first-order valence-corrected chi connectivity index (χ1v) is 6.20. The molecule has 0 aliphatic heterocycles. The van der Waals surface area contributed by atoms with Gasteiger partial charge in [0, 0.05) is 6.42 Å². The fourth-order valence-corrected chi connectivity index (χ4v) is 3.70. The van der Waals surface area contributed by atoms with Crippen molar-refractivity contribution in [2.45, 2.75) is 51.9 Å². The van der Waals surface area contributed by atoms with E-state index in [0.717, 1.165) is 12.8 Å². The van der Waals surface area contributed by atoms with Crippen molar-refractivity contribution in [1.82, 2.24) is 0 Å². The Balaban J connectivity index is 2.15. The first-order chi connectivity index (χ1) is 7.58. The molecule has 3 nitrogen and oxygen atoms in total. The highest BCUT2D eigenvalue weighted by molar-refractivity contribution is 6.05. The number of esters is 1. The third kappa shape index (κ3) is 1.48. The monoisotopic (exact) mass is 224 g/mol. The van der Waals surface area contributed by atoms with Crippen LogP contribution in [-0.2, 0) is 14.3 Å². The van der Waals surface area contributed by atoms with Crippen LogP contribution in [0.15, 0.2) is 0 Å². The molecular formula is C13H20O3. The number of ketones is 1. The van der Waals surface area contributed by atoms with Crippen molar-refractivity contribution in [2.75, 3.05) is 7.11 Å². The number of hydrogen-bond acceptors (Lipinski definition) is 3. The molecule has 0 aromatic heterocycles. The van der Waals surface area contributed by atoms with Gasteiger partial charge in [0.15, 0.2) is 0 Å². The minimum Gasteiger partial charge on any atom is -0.468 e. The van der Waals surface area contributed by atoms with E-state index >= 15 is 0 Å². The quantitative estimate of drug-likeness (QED) is 0.546. The van der Waals surface area contributed by atoms with Crippen molar-refractivity contribution in [1.29, 1.82) is 0 Å². The average molecular weight is 224 g/mol. The Morgan fingerprint density at radius 3 is 2.19 bits per heavy atom. The minimum atomic E-state index is -0.784. The molecule has 0 N–H and O–H groups in total. The summed E-state index contributed by atoms with van der Waals surface area (Å²) < 4.78 is 4.82. The minimum absolute atomic E-state index is 0.0666. The summed E-state index contributed by atoms with van der Waals surface area (Å²) in [5.74, 6) is -0.242. The van der Waals surface area contributed by atoms with E-state index in [1.165, 1.54) is 32.8 Å². The molecule has 2 aliphatic rings. The van der Waals surface area contributed by atoms with Gasteiger partial charge >= 0.3 is 5.97 Å². The number of ether oxygens (including phenoxy) is 1. The number of hydrogen-bond donors (Lipinski definition) is 0. The lowest BCUT2D eigenvalue weighted by Gasteiger charge is -2.51. The molecule has 0 aromatic rings. The van der Waals surface area contributed by atoms with Crippen LogP contribution in [0.5, 0.6) is 0 Å². The van der Waals surface area contributed by atoms with Gasteiger partial charge in [0.1, 0.15) is 11.2 Å². The molecule has 0 atom stereocenters. The highest BCUT2D eigenvalue weighted by Crippen LogP contribution is 2.63. The number of methoxy groups -OCH3 is 1. The Bertz CT molecular complexity index is 287. The van der Waals surface area contributed by atoms with Crippen molar-refractivity contribution >= 4 is 11.8 Å². The zero-order chi connectivity index (χ0) is 11.8. The van der Waals surface area contributed by atoms with Gasteiger partial charge in [-0.1, -0.05) is 19.8 Å². The fourth-order valence-electron chi connectivity index (χ4n) is 3.70. The highest BCUT2D eigenvalue weighted by Gasteiger charge is 2.63. The van der Waals surface area contributed by atoms with Crippen molar-refractivity contribution in [3.05, 3.63) is 0 Å². The molecule has 3 heteroatoms. The number of carbonyl (C=O) groups is 2. The van der Waals surface area contributed by atoms with Crippen LogP contribution in [0.1, 0.15) is 51.9 Å². The second kappa shape index (κ2) is 3.86. The lowest BCUT2D eigenvalue weighted by molar-refractivity contribution is -0.175. The highest BCUT2D eigenvalue weighted by atomic mass is 16.5. The van der Waals surface area contributed by atoms with Gasteiger partial charge in [0.2, 0.25) is 0 Å². The molecule has 2 rings (SSSR count). The summed E-state index contributed by atoms with van der Waals surface area (Å²) >= 11 is 0. The molecule has 0 saturated heterocycles. The van der Waals surface area contributed by atoms with Gasteiger partial charge in [-0.3, -0.25) is 9.59 Å². The molecule has 2 saturated carbocycles. The van der Waals surface area contributed by atoms with E-state index < -0.39 is 5.41 Å². The standard InChI is InChI=1S/C13H20O3/c1-3-10(14)13(11(15)16-2)8-12(9-13)6-4-5-7-12/h3-9H2,1-2H3. The molecule has 2 fully saturated rings. The van der Waals surface area contributed by atoms with Crippen LogP contribution in [0.2, 0.25) is 0 Å². The van der Waals surface area contributed by atoms with Crippen LogP contribution in [0.4, 0.5) is 0 Å². The van der Waals surface area contributed by atoms with Gasteiger partial charge in [-0.2, -0.15) is 0 Å². The summed E-state index contributed by atoms with van der Waals surface area (Å²) in [4.78, 5) is 23.8. The maximum absolute atomic E-state index is 12.0. The van der Waals surface area contributed by atoms with Crippen LogP contribution in [-0.4, -0.2) is 18.9 Å². The maximum atomic E-state index is 12.0. The number of Topliss-reactive ketones (excluding diaryl/α,β-unsaturated/α-hetero) is 1. The lowest BCUT2D eigenvalue weighted by atomic mass is 9.50. The molecular weight excluding hydrogens is 204 g/mol. The summed E-state index contributed by atoms with van der Waals surface area (Å²) in [7, 11) is 1.38. The SMILES string of the molecule is CCC(=O)C1(C(=O)OC)CC2(CCCC2)C1. The molecule has 1 spiro atoms. The van der Waals surface area contributed by atoms with E-state index in [-0.39, 0.29) is 11.8 Å². The summed E-state index contributed by atoms with van der Waals surface area (Å²) in [5, 5.41) is 0. The summed E-state index contributed by atoms with van der Waals surface area (Å²) in [6.07, 6.45) is 6.77. The molecule has 2 aliphatic carbocycles.